The molecule has 0 atom stereocenters. The van der Waals surface area contributed by atoms with Crippen LogP contribution in [0.25, 0.3) is 0 Å². The van der Waals surface area contributed by atoms with Crippen molar-refractivity contribution in [2.75, 3.05) is 13.0 Å². The largest absolute Gasteiger partial charge is 0.298 e. The van der Waals surface area contributed by atoms with Gasteiger partial charge in [-0.2, -0.15) is 0 Å². The molecule has 0 aliphatic carbocycles. The molecular formula is C9H19N. The first-order valence-electron chi connectivity index (χ1n) is 8.17. The van der Waals surface area contributed by atoms with E-state index in [0.717, 1.165) is 0 Å². The van der Waals surface area contributed by atoms with Gasteiger partial charge in [-0.15, -0.1) is 0 Å². The van der Waals surface area contributed by atoms with Gasteiger partial charge in [-0.05, 0) is 46.5 Å². The summed E-state index contributed by atoms with van der Waals surface area (Å²) in [5.41, 5.74) is -1.25. The molecule has 1 heteroatoms. The summed E-state index contributed by atoms with van der Waals surface area (Å²) in [6.07, 6.45) is -9.81. The fraction of sp³-hybridized carbons (Fsp3) is 1.00. The van der Waals surface area contributed by atoms with Gasteiger partial charge in [-0.25, -0.2) is 0 Å². The van der Waals surface area contributed by atoms with Gasteiger partial charge >= 0.3 is 0 Å². The lowest BCUT2D eigenvalue weighted by molar-refractivity contribution is 0.111. The quantitative estimate of drug-likeness (QED) is 0.513. The monoisotopic (exact) mass is 151 g/mol. The molecular weight excluding hydrogens is 122 g/mol. The van der Waals surface area contributed by atoms with Crippen LogP contribution in [0.5, 0.6) is 0 Å². The van der Waals surface area contributed by atoms with Crippen LogP contribution in [-0.4, -0.2) is 23.4 Å². The third kappa shape index (κ3) is 1.98. The standard InChI is InChI=1S/C9H19N/c1-9(2,3)10-7-5-4-6-8-10/h4-8H2,1-3H3/i4D2,5D2,6D2,7D2,8D2. The van der Waals surface area contributed by atoms with Crippen molar-refractivity contribution in [3.63, 3.8) is 0 Å². The average molecular weight is 151 g/mol. The van der Waals surface area contributed by atoms with Gasteiger partial charge < -0.3 is 0 Å². The second kappa shape index (κ2) is 2.91. The van der Waals surface area contributed by atoms with Crippen LogP contribution in [0, 0.1) is 0 Å². The van der Waals surface area contributed by atoms with Crippen molar-refractivity contribution >= 4 is 0 Å². The van der Waals surface area contributed by atoms with Crippen LogP contribution >= 0.6 is 0 Å². The number of likely N-dealkylation sites (tertiary alicyclic amines) is 1. The minimum Gasteiger partial charge on any atom is -0.298 e. The zero-order valence-corrected chi connectivity index (χ0v) is 6.45. The van der Waals surface area contributed by atoms with Crippen molar-refractivity contribution in [3.05, 3.63) is 0 Å². The van der Waals surface area contributed by atoms with Crippen LogP contribution in [-0.2, 0) is 0 Å². The average Bonchev–Trinajstić information content (AvgIpc) is 2.11. The van der Waals surface area contributed by atoms with E-state index < -0.39 is 37.7 Å². The van der Waals surface area contributed by atoms with Crippen LogP contribution in [0.15, 0.2) is 0 Å². The van der Waals surface area contributed by atoms with Crippen LogP contribution in [0.4, 0.5) is 0 Å². The van der Waals surface area contributed by atoms with Crippen molar-refractivity contribution in [1.82, 2.24) is 4.90 Å². The smallest absolute Gasteiger partial charge is 0.0431 e. The summed E-state index contributed by atoms with van der Waals surface area (Å²) in [6, 6.07) is 0. The predicted octanol–water partition coefficient (Wildman–Crippen LogP) is 2.27. The van der Waals surface area contributed by atoms with Crippen molar-refractivity contribution in [2.24, 2.45) is 0 Å². The molecule has 60 valence electrons. The first kappa shape index (κ1) is 2.01. The highest BCUT2D eigenvalue weighted by Crippen LogP contribution is 2.18. The summed E-state index contributed by atoms with van der Waals surface area (Å²) in [6.45, 7) is -1.77. The summed E-state index contributed by atoms with van der Waals surface area (Å²) in [7, 11) is 0. The molecule has 0 saturated carbocycles. The molecule has 0 N–H and O–H groups in total. The van der Waals surface area contributed by atoms with Crippen molar-refractivity contribution < 1.29 is 13.7 Å². The minimum atomic E-state index is -3.34. The second-order valence-electron chi connectivity index (χ2n) is 3.10. The number of hydrogen-bond donors (Lipinski definition) is 0. The number of piperidine rings is 1. The van der Waals surface area contributed by atoms with E-state index >= 15 is 0 Å². The van der Waals surface area contributed by atoms with E-state index in [2.05, 4.69) is 0 Å². The Bertz CT molecular complexity index is 377. The summed E-state index contributed by atoms with van der Waals surface area (Å²) >= 11 is 0. The predicted molar refractivity (Wildman–Crippen MR) is 45.2 cm³/mol. The Balaban J connectivity index is 3.74. The number of nitrogens with zero attached hydrogens (tertiary/aromatic N) is 1. The Morgan fingerprint density at radius 2 is 1.60 bits per heavy atom. The zero-order valence-electron chi connectivity index (χ0n) is 16.4. The SMILES string of the molecule is [2H]C1([2H])N(C(C)(C)C)C([2H])([2H])C([2H])([2H])C([2H])([2H])C1([2H])[2H]. The molecule has 0 aromatic rings. The molecule has 0 bridgehead atoms. The van der Waals surface area contributed by atoms with Gasteiger partial charge in [0.2, 0.25) is 0 Å². The summed E-state index contributed by atoms with van der Waals surface area (Å²) in [5.74, 6) is 0. The summed E-state index contributed by atoms with van der Waals surface area (Å²) in [4.78, 5) is 0.453. The summed E-state index contributed by atoms with van der Waals surface area (Å²) < 4.78 is 77.9. The fourth-order valence-electron chi connectivity index (χ4n) is 0.562. The van der Waals surface area contributed by atoms with E-state index in [1.807, 2.05) is 0 Å². The molecule has 0 unspecified atom stereocenters. The Morgan fingerprint density at radius 1 is 1.10 bits per heavy atom. The van der Waals surface area contributed by atoms with E-state index in [-0.39, 0.29) is 0 Å². The van der Waals surface area contributed by atoms with Gasteiger partial charge in [-0.3, -0.25) is 4.90 Å². The molecule has 0 aromatic carbocycles. The molecule has 1 nitrogen and oxygen atoms in total. The van der Waals surface area contributed by atoms with E-state index in [1.165, 1.54) is 20.8 Å². The lowest BCUT2D eigenvalue weighted by atomic mass is 10.0. The van der Waals surface area contributed by atoms with Crippen LogP contribution in [0.2, 0.25) is 0 Å². The Morgan fingerprint density at radius 3 is 2.00 bits per heavy atom. The van der Waals surface area contributed by atoms with Gasteiger partial charge in [-0.1, -0.05) is 6.37 Å². The molecule has 1 saturated heterocycles. The molecule has 1 fully saturated rings. The number of rotatable bonds is 0. The molecule has 0 aromatic heterocycles. The maximum atomic E-state index is 7.90. The maximum Gasteiger partial charge on any atom is 0.0431 e. The third-order valence-electron chi connectivity index (χ3n) is 1.13. The molecule has 1 aliphatic rings. The zero-order chi connectivity index (χ0) is 16.6. The molecule has 1 aliphatic heterocycles. The maximum absolute atomic E-state index is 7.90. The second-order valence-corrected chi connectivity index (χ2v) is 3.10. The molecule has 0 radical (unpaired) electrons. The topological polar surface area (TPSA) is 3.24 Å². The van der Waals surface area contributed by atoms with E-state index in [9.17, 15) is 0 Å². The number of hydrogen-bond acceptors (Lipinski definition) is 1. The third-order valence-corrected chi connectivity index (χ3v) is 1.13. The first-order valence-corrected chi connectivity index (χ1v) is 3.17. The highest BCUT2D eigenvalue weighted by Gasteiger charge is 2.21. The van der Waals surface area contributed by atoms with Crippen LogP contribution < -0.4 is 0 Å². The van der Waals surface area contributed by atoms with Gasteiger partial charge in [0.15, 0.2) is 0 Å². The van der Waals surface area contributed by atoms with Crippen LogP contribution in [0.3, 0.4) is 0 Å². The highest BCUT2D eigenvalue weighted by atomic mass is 15.2. The van der Waals surface area contributed by atoms with Gasteiger partial charge in [0.25, 0.3) is 0 Å². The molecule has 0 amide bonds. The Hall–Kier alpha value is -0.0400. The summed E-state index contributed by atoms with van der Waals surface area (Å²) in [5, 5.41) is 0. The molecule has 0 spiro atoms. The van der Waals surface area contributed by atoms with Gasteiger partial charge in [0, 0.05) is 19.2 Å². The lowest BCUT2D eigenvalue weighted by Crippen LogP contribution is -2.44. The Kier molecular flexibility index (Phi) is 0.585. The Labute approximate surface area is 78.5 Å². The molecule has 10 heavy (non-hydrogen) atoms. The van der Waals surface area contributed by atoms with Crippen LogP contribution in [0.1, 0.15) is 53.6 Å². The van der Waals surface area contributed by atoms with E-state index in [4.69, 9.17) is 13.7 Å². The minimum absolute atomic E-state index is 0.453. The van der Waals surface area contributed by atoms with Crippen molar-refractivity contribution in [2.45, 2.75) is 45.4 Å². The fourth-order valence-corrected chi connectivity index (χ4v) is 0.562. The van der Waals surface area contributed by atoms with Crippen molar-refractivity contribution in [1.29, 1.82) is 0 Å². The first-order chi connectivity index (χ1) is 8.37. The van der Waals surface area contributed by atoms with E-state index in [1.54, 1.807) is 0 Å². The van der Waals surface area contributed by atoms with Gasteiger partial charge in [0.05, 0.1) is 0 Å². The highest BCUT2D eigenvalue weighted by molar-refractivity contribution is 4.78. The van der Waals surface area contributed by atoms with E-state index in [0.29, 0.717) is 4.90 Å². The lowest BCUT2D eigenvalue weighted by Gasteiger charge is -2.38. The normalized spacial score (nSPS) is 63.1. The van der Waals surface area contributed by atoms with Crippen molar-refractivity contribution in [3.8, 4) is 0 Å². The molecule has 1 rings (SSSR count). The van der Waals surface area contributed by atoms with Gasteiger partial charge in [0.1, 0.15) is 0 Å². The molecule has 1 heterocycles.